The summed E-state index contributed by atoms with van der Waals surface area (Å²) >= 11 is 0. The second-order valence-electron chi connectivity index (χ2n) is 5.35. The van der Waals surface area contributed by atoms with E-state index in [1.165, 1.54) is 6.07 Å². The Morgan fingerprint density at radius 1 is 1.23 bits per heavy atom. The molecule has 0 saturated heterocycles. The van der Waals surface area contributed by atoms with E-state index in [-0.39, 0.29) is 18.1 Å². The molecule has 5 heteroatoms. The van der Waals surface area contributed by atoms with Gasteiger partial charge in [-0.05, 0) is 49.7 Å². The molecule has 0 aliphatic carbocycles. The van der Waals surface area contributed by atoms with Crippen molar-refractivity contribution in [3.63, 3.8) is 0 Å². The van der Waals surface area contributed by atoms with Crippen LogP contribution in [0.1, 0.15) is 16.8 Å². The molecular formula is C17H16N2O3. The van der Waals surface area contributed by atoms with Gasteiger partial charge in [0.1, 0.15) is 11.4 Å². The van der Waals surface area contributed by atoms with E-state index in [1.807, 2.05) is 32.0 Å². The molecule has 3 aromatic rings. The maximum atomic E-state index is 12.2. The number of phenols is 1. The van der Waals surface area contributed by atoms with Crippen LogP contribution >= 0.6 is 0 Å². The molecule has 1 heterocycles. The number of hydrogen-bond donors (Lipinski definition) is 2. The molecule has 2 aromatic carbocycles. The van der Waals surface area contributed by atoms with E-state index < -0.39 is 0 Å². The van der Waals surface area contributed by atoms with Gasteiger partial charge in [0, 0.05) is 11.1 Å². The van der Waals surface area contributed by atoms with Crippen molar-refractivity contribution in [2.24, 2.45) is 0 Å². The third-order valence-electron chi connectivity index (χ3n) is 3.51. The number of benzene rings is 2. The first kappa shape index (κ1) is 14.1. The highest BCUT2D eigenvalue weighted by molar-refractivity contribution is 5.95. The summed E-state index contributed by atoms with van der Waals surface area (Å²) in [6, 6.07) is 10.6. The summed E-state index contributed by atoms with van der Waals surface area (Å²) in [5, 5.41) is 17.0. The van der Waals surface area contributed by atoms with E-state index in [9.17, 15) is 9.90 Å². The molecule has 0 bridgehead atoms. The summed E-state index contributed by atoms with van der Waals surface area (Å²) in [4.78, 5) is 12.2. The van der Waals surface area contributed by atoms with Gasteiger partial charge in [-0.1, -0.05) is 16.8 Å². The Balaban J connectivity index is 1.79. The molecule has 0 radical (unpaired) electrons. The number of nitrogens with zero attached hydrogens (tertiary/aromatic N) is 1. The maximum absolute atomic E-state index is 12.2. The number of phenolic OH excluding ortho intramolecular Hbond substituents is 1. The summed E-state index contributed by atoms with van der Waals surface area (Å²) < 4.78 is 5.23. The zero-order valence-electron chi connectivity index (χ0n) is 12.4. The fourth-order valence-electron chi connectivity index (χ4n) is 2.36. The Morgan fingerprint density at radius 2 is 2.05 bits per heavy atom. The van der Waals surface area contributed by atoms with Crippen molar-refractivity contribution < 1.29 is 14.4 Å². The molecule has 5 nitrogen and oxygen atoms in total. The highest BCUT2D eigenvalue weighted by Crippen LogP contribution is 2.22. The molecule has 0 aliphatic heterocycles. The Hall–Kier alpha value is -2.82. The van der Waals surface area contributed by atoms with E-state index in [0.29, 0.717) is 17.0 Å². The molecule has 2 N–H and O–H groups in total. The lowest BCUT2D eigenvalue weighted by atomic mass is 10.1. The van der Waals surface area contributed by atoms with E-state index >= 15 is 0 Å². The smallest absolute Gasteiger partial charge is 0.230 e. The minimum atomic E-state index is -0.175. The van der Waals surface area contributed by atoms with Gasteiger partial charge >= 0.3 is 0 Å². The molecule has 112 valence electrons. The summed E-state index contributed by atoms with van der Waals surface area (Å²) in [6.07, 6.45) is 0.136. The number of aryl methyl sites for hydroxylation is 2. The second-order valence-corrected chi connectivity index (χ2v) is 5.35. The normalized spacial score (nSPS) is 10.8. The van der Waals surface area contributed by atoms with Crippen molar-refractivity contribution in [3.8, 4) is 5.75 Å². The first-order valence-electron chi connectivity index (χ1n) is 6.97. The molecule has 0 unspecified atom stereocenters. The second kappa shape index (κ2) is 5.52. The van der Waals surface area contributed by atoms with E-state index in [2.05, 4.69) is 10.5 Å². The fourth-order valence-corrected chi connectivity index (χ4v) is 2.36. The van der Waals surface area contributed by atoms with E-state index in [4.69, 9.17) is 4.52 Å². The average Bonchev–Trinajstić information content (AvgIpc) is 2.84. The van der Waals surface area contributed by atoms with Crippen molar-refractivity contribution in [1.29, 1.82) is 0 Å². The lowest BCUT2D eigenvalue weighted by molar-refractivity contribution is -0.115. The van der Waals surface area contributed by atoms with E-state index in [0.717, 1.165) is 16.5 Å². The highest BCUT2D eigenvalue weighted by Gasteiger charge is 2.13. The van der Waals surface area contributed by atoms with Crippen molar-refractivity contribution in [1.82, 2.24) is 5.16 Å². The first-order valence-corrected chi connectivity index (χ1v) is 6.97. The van der Waals surface area contributed by atoms with Crippen LogP contribution in [0.4, 0.5) is 5.69 Å². The van der Waals surface area contributed by atoms with Gasteiger partial charge < -0.3 is 14.9 Å². The van der Waals surface area contributed by atoms with Gasteiger partial charge in [-0.15, -0.1) is 0 Å². The van der Waals surface area contributed by atoms with Crippen LogP contribution in [0.25, 0.3) is 11.0 Å². The molecule has 0 spiro atoms. The molecule has 1 aromatic heterocycles. The fraction of sp³-hybridized carbons (Fsp3) is 0.176. The van der Waals surface area contributed by atoms with Crippen LogP contribution in [0, 0.1) is 13.8 Å². The van der Waals surface area contributed by atoms with Crippen LogP contribution in [0.15, 0.2) is 40.9 Å². The number of amides is 1. The number of aromatic nitrogens is 1. The van der Waals surface area contributed by atoms with Gasteiger partial charge in [0.05, 0.1) is 6.42 Å². The molecule has 22 heavy (non-hydrogen) atoms. The lowest BCUT2D eigenvalue weighted by Crippen LogP contribution is -2.15. The minimum absolute atomic E-state index is 0.136. The summed E-state index contributed by atoms with van der Waals surface area (Å²) in [5.74, 6) is -0.000958. The quantitative estimate of drug-likeness (QED) is 0.727. The number of anilines is 1. The van der Waals surface area contributed by atoms with Gasteiger partial charge in [0.2, 0.25) is 5.91 Å². The average molecular weight is 296 g/mol. The zero-order chi connectivity index (χ0) is 15.7. The highest BCUT2D eigenvalue weighted by atomic mass is 16.5. The Kier molecular flexibility index (Phi) is 3.55. The number of carbonyl (C=O) groups excluding carboxylic acids is 1. The number of rotatable bonds is 3. The van der Waals surface area contributed by atoms with Crippen molar-refractivity contribution in [3.05, 3.63) is 53.2 Å². The summed E-state index contributed by atoms with van der Waals surface area (Å²) in [6.45, 7) is 3.81. The van der Waals surface area contributed by atoms with Crippen LogP contribution < -0.4 is 5.32 Å². The molecule has 3 rings (SSSR count). The van der Waals surface area contributed by atoms with Crippen LogP contribution in [0.3, 0.4) is 0 Å². The van der Waals surface area contributed by atoms with Gasteiger partial charge in [-0.3, -0.25) is 4.79 Å². The van der Waals surface area contributed by atoms with Gasteiger partial charge in [0.15, 0.2) is 5.58 Å². The van der Waals surface area contributed by atoms with Crippen LogP contribution in [0.5, 0.6) is 5.75 Å². The monoisotopic (exact) mass is 296 g/mol. The van der Waals surface area contributed by atoms with Crippen LogP contribution in [-0.4, -0.2) is 16.2 Å². The van der Waals surface area contributed by atoms with Crippen molar-refractivity contribution >= 4 is 22.6 Å². The number of fused-ring (bicyclic) bond motifs is 1. The Labute approximate surface area is 127 Å². The zero-order valence-corrected chi connectivity index (χ0v) is 12.4. The van der Waals surface area contributed by atoms with Crippen LogP contribution in [0.2, 0.25) is 0 Å². The standard InChI is InChI=1S/C17H16N2O3/c1-10-3-6-16-13(7-10)15(19-22-16)9-17(21)18-14-5-4-12(20)8-11(14)2/h3-8,20H,9H2,1-2H3,(H,18,21). The topological polar surface area (TPSA) is 75.4 Å². The number of carbonyl (C=O) groups is 1. The minimum Gasteiger partial charge on any atom is -0.508 e. The Morgan fingerprint density at radius 3 is 2.82 bits per heavy atom. The Bertz CT molecular complexity index is 852. The van der Waals surface area contributed by atoms with Crippen molar-refractivity contribution in [2.45, 2.75) is 20.3 Å². The van der Waals surface area contributed by atoms with E-state index in [1.54, 1.807) is 12.1 Å². The molecular weight excluding hydrogens is 280 g/mol. The van der Waals surface area contributed by atoms with Gasteiger partial charge in [-0.25, -0.2) is 0 Å². The third kappa shape index (κ3) is 2.79. The molecule has 1 amide bonds. The SMILES string of the molecule is Cc1ccc2onc(CC(=O)Nc3ccc(O)cc3C)c2c1. The maximum Gasteiger partial charge on any atom is 0.230 e. The lowest BCUT2D eigenvalue weighted by Gasteiger charge is -2.07. The number of nitrogens with one attached hydrogen (secondary N) is 1. The number of hydrogen-bond acceptors (Lipinski definition) is 4. The predicted octanol–water partition coefficient (Wildman–Crippen LogP) is 3.33. The third-order valence-corrected chi connectivity index (χ3v) is 3.51. The molecule has 0 atom stereocenters. The van der Waals surface area contributed by atoms with Crippen molar-refractivity contribution in [2.75, 3.05) is 5.32 Å². The molecule has 0 saturated carbocycles. The summed E-state index contributed by atoms with van der Waals surface area (Å²) in [7, 11) is 0. The molecule has 0 fully saturated rings. The van der Waals surface area contributed by atoms with Crippen LogP contribution in [-0.2, 0) is 11.2 Å². The largest absolute Gasteiger partial charge is 0.508 e. The predicted molar refractivity (Wildman–Crippen MR) is 83.9 cm³/mol. The molecule has 0 aliphatic rings. The summed E-state index contributed by atoms with van der Waals surface area (Å²) in [5.41, 5.74) is 3.86. The van der Waals surface area contributed by atoms with Gasteiger partial charge in [0.25, 0.3) is 0 Å². The number of aromatic hydroxyl groups is 1. The first-order chi connectivity index (χ1) is 10.5. The van der Waals surface area contributed by atoms with Gasteiger partial charge in [-0.2, -0.15) is 0 Å².